The molecule has 3 N–H and O–H groups in total. The largest absolute Gasteiger partial charge is 0.497 e. The molecule has 2 rings (SSSR count). The molecule has 2 aromatic rings. The van der Waals surface area contributed by atoms with E-state index in [-0.39, 0.29) is 0 Å². The zero-order valence-corrected chi connectivity index (χ0v) is 10.5. The summed E-state index contributed by atoms with van der Waals surface area (Å²) in [7, 11) is 4.73. The first-order valence-electron chi connectivity index (χ1n) is 5.30. The number of benzene rings is 1. The van der Waals surface area contributed by atoms with Gasteiger partial charge >= 0.3 is 0 Å². The zero-order chi connectivity index (χ0) is 13.1. The van der Waals surface area contributed by atoms with Crippen LogP contribution >= 0.6 is 0 Å². The molecular weight excluding hydrogens is 234 g/mol. The van der Waals surface area contributed by atoms with E-state index in [4.69, 9.17) is 19.9 Å². The molecular formula is C12H15N3O3. The topological polar surface area (TPSA) is 82.4 Å². The minimum Gasteiger partial charge on any atom is -0.497 e. The van der Waals surface area contributed by atoms with Gasteiger partial charge in [0.05, 0.1) is 27.5 Å². The number of aromatic nitrogens is 2. The molecule has 0 amide bonds. The van der Waals surface area contributed by atoms with E-state index in [0.717, 1.165) is 11.1 Å². The number of methoxy groups -OCH3 is 3. The lowest BCUT2D eigenvalue weighted by molar-refractivity contribution is 0.350. The highest BCUT2D eigenvalue weighted by Crippen LogP contribution is 2.42. The minimum atomic E-state index is 0.462. The Hall–Kier alpha value is -2.37. The van der Waals surface area contributed by atoms with Gasteiger partial charge < -0.3 is 19.9 Å². The molecule has 0 saturated heterocycles. The lowest BCUT2D eigenvalue weighted by Crippen LogP contribution is -1.96. The monoisotopic (exact) mass is 249 g/mol. The van der Waals surface area contributed by atoms with Crippen molar-refractivity contribution >= 4 is 5.82 Å². The van der Waals surface area contributed by atoms with Crippen LogP contribution in [-0.2, 0) is 0 Å². The molecule has 0 fully saturated rings. The number of nitrogens with one attached hydrogen (secondary N) is 1. The number of nitrogens with zero attached hydrogens (tertiary/aromatic N) is 1. The number of rotatable bonds is 4. The molecule has 1 aromatic heterocycles. The van der Waals surface area contributed by atoms with Gasteiger partial charge in [-0.1, -0.05) is 0 Å². The third-order valence-corrected chi connectivity index (χ3v) is 2.65. The van der Waals surface area contributed by atoms with Crippen molar-refractivity contribution in [1.29, 1.82) is 0 Å². The maximum atomic E-state index is 5.82. The Labute approximate surface area is 105 Å². The van der Waals surface area contributed by atoms with Crippen molar-refractivity contribution in [2.45, 2.75) is 0 Å². The molecule has 0 aliphatic carbocycles. The molecule has 18 heavy (non-hydrogen) atoms. The summed E-state index contributed by atoms with van der Waals surface area (Å²) in [5, 5.41) is 6.58. The summed E-state index contributed by atoms with van der Waals surface area (Å²) >= 11 is 0. The van der Waals surface area contributed by atoms with Crippen LogP contribution < -0.4 is 19.9 Å². The third kappa shape index (κ3) is 1.92. The second kappa shape index (κ2) is 4.87. The van der Waals surface area contributed by atoms with Gasteiger partial charge in [-0.15, -0.1) is 0 Å². The molecule has 0 unspecified atom stereocenters. The van der Waals surface area contributed by atoms with Crippen LogP contribution in [0.3, 0.4) is 0 Å². The van der Waals surface area contributed by atoms with Crippen LogP contribution in [0.2, 0.25) is 0 Å². The van der Waals surface area contributed by atoms with Crippen molar-refractivity contribution in [3.8, 4) is 28.4 Å². The van der Waals surface area contributed by atoms with E-state index in [9.17, 15) is 0 Å². The molecule has 0 bridgehead atoms. The van der Waals surface area contributed by atoms with Crippen molar-refractivity contribution in [3.05, 3.63) is 18.3 Å². The molecule has 6 nitrogen and oxygen atoms in total. The van der Waals surface area contributed by atoms with Crippen LogP contribution in [0.15, 0.2) is 18.3 Å². The van der Waals surface area contributed by atoms with E-state index in [1.54, 1.807) is 33.6 Å². The Morgan fingerprint density at radius 2 is 1.83 bits per heavy atom. The maximum absolute atomic E-state index is 5.82. The van der Waals surface area contributed by atoms with Crippen molar-refractivity contribution in [1.82, 2.24) is 10.2 Å². The SMILES string of the molecule is COc1cc(OC)c(OC)c(-c2cn[nH]c2N)c1. The standard InChI is InChI=1S/C12H15N3O3/c1-16-7-4-8(9-6-14-15-12(9)13)11(18-3)10(5-7)17-2/h4-6H,1-3H3,(H3,13,14,15). The Morgan fingerprint density at radius 3 is 2.33 bits per heavy atom. The Balaban J connectivity index is 2.67. The molecule has 6 heteroatoms. The number of H-pyrrole nitrogens is 1. The summed E-state index contributed by atoms with van der Waals surface area (Å²) in [6, 6.07) is 3.57. The minimum absolute atomic E-state index is 0.462. The maximum Gasteiger partial charge on any atom is 0.168 e. The average Bonchev–Trinajstić information content (AvgIpc) is 2.83. The number of ether oxygens (including phenoxy) is 3. The van der Waals surface area contributed by atoms with Crippen LogP contribution in [0, 0.1) is 0 Å². The van der Waals surface area contributed by atoms with Gasteiger partial charge in [0.25, 0.3) is 0 Å². The van der Waals surface area contributed by atoms with Crippen molar-refractivity contribution in [2.24, 2.45) is 0 Å². The van der Waals surface area contributed by atoms with Crippen LogP contribution in [0.4, 0.5) is 5.82 Å². The smallest absolute Gasteiger partial charge is 0.168 e. The summed E-state index contributed by atoms with van der Waals surface area (Å²) < 4.78 is 15.9. The predicted octanol–water partition coefficient (Wildman–Crippen LogP) is 1.68. The summed E-state index contributed by atoms with van der Waals surface area (Å²) in [5.41, 5.74) is 7.33. The highest BCUT2D eigenvalue weighted by Gasteiger charge is 2.17. The van der Waals surface area contributed by atoms with Gasteiger partial charge in [0.2, 0.25) is 0 Å². The molecule has 0 aliphatic heterocycles. The van der Waals surface area contributed by atoms with Crippen LogP contribution in [0.25, 0.3) is 11.1 Å². The Kier molecular flexibility index (Phi) is 3.27. The van der Waals surface area contributed by atoms with Crippen LogP contribution in [0.1, 0.15) is 0 Å². The second-order valence-electron chi connectivity index (χ2n) is 3.61. The lowest BCUT2D eigenvalue weighted by atomic mass is 10.1. The number of nitrogens with two attached hydrogens (primary N) is 1. The highest BCUT2D eigenvalue weighted by atomic mass is 16.5. The fourth-order valence-corrected chi connectivity index (χ4v) is 1.77. The molecule has 0 radical (unpaired) electrons. The predicted molar refractivity (Wildman–Crippen MR) is 68.1 cm³/mol. The summed E-state index contributed by atoms with van der Waals surface area (Å²) in [4.78, 5) is 0. The third-order valence-electron chi connectivity index (χ3n) is 2.65. The number of anilines is 1. The molecule has 96 valence electrons. The molecule has 1 heterocycles. The van der Waals surface area contributed by atoms with Crippen LogP contribution in [-0.4, -0.2) is 31.5 Å². The second-order valence-corrected chi connectivity index (χ2v) is 3.61. The Bertz CT molecular complexity index is 551. The lowest BCUT2D eigenvalue weighted by Gasteiger charge is -2.14. The van der Waals surface area contributed by atoms with Gasteiger partial charge in [0.15, 0.2) is 11.5 Å². The fraction of sp³-hybridized carbons (Fsp3) is 0.250. The van der Waals surface area contributed by atoms with E-state index in [1.807, 2.05) is 6.07 Å². The molecule has 0 saturated carbocycles. The number of hydrogen-bond acceptors (Lipinski definition) is 5. The Morgan fingerprint density at radius 1 is 1.06 bits per heavy atom. The highest BCUT2D eigenvalue weighted by molar-refractivity contribution is 5.81. The number of aromatic amines is 1. The summed E-state index contributed by atoms with van der Waals surface area (Å²) in [6.45, 7) is 0. The van der Waals surface area contributed by atoms with Crippen LogP contribution in [0.5, 0.6) is 17.2 Å². The van der Waals surface area contributed by atoms with Gasteiger partial charge in [-0.05, 0) is 6.07 Å². The van der Waals surface area contributed by atoms with Crippen molar-refractivity contribution < 1.29 is 14.2 Å². The first-order chi connectivity index (χ1) is 8.71. The molecule has 0 aliphatic rings. The summed E-state index contributed by atoms with van der Waals surface area (Å²) in [5.74, 6) is 2.28. The van der Waals surface area contributed by atoms with Gasteiger partial charge in [0.1, 0.15) is 11.6 Å². The van der Waals surface area contributed by atoms with Gasteiger partial charge in [0, 0.05) is 17.2 Å². The first kappa shape index (κ1) is 12.1. The van der Waals surface area contributed by atoms with E-state index in [1.165, 1.54) is 0 Å². The molecule has 0 spiro atoms. The molecule has 0 atom stereocenters. The normalized spacial score (nSPS) is 10.2. The summed E-state index contributed by atoms with van der Waals surface area (Å²) in [6.07, 6.45) is 1.63. The number of nitrogen functional groups attached to an aromatic ring is 1. The average molecular weight is 249 g/mol. The van der Waals surface area contributed by atoms with Crippen molar-refractivity contribution in [2.75, 3.05) is 27.1 Å². The van der Waals surface area contributed by atoms with E-state index in [2.05, 4.69) is 10.2 Å². The van der Waals surface area contributed by atoms with Gasteiger partial charge in [-0.25, -0.2) is 0 Å². The van der Waals surface area contributed by atoms with Gasteiger partial charge in [-0.3, -0.25) is 5.10 Å². The fourth-order valence-electron chi connectivity index (χ4n) is 1.77. The molecule has 1 aromatic carbocycles. The van der Waals surface area contributed by atoms with Crippen molar-refractivity contribution in [3.63, 3.8) is 0 Å². The van der Waals surface area contributed by atoms with E-state index in [0.29, 0.717) is 23.1 Å². The quantitative estimate of drug-likeness (QED) is 0.861. The van der Waals surface area contributed by atoms with Gasteiger partial charge in [-0.2, -0.15) is 5.10 Å². The first-order valence-corrected chi connectivity index (χ1v) is 5.30. The van der Waals surface area contributed by atoms with E-state index >= 15 is 0 Å². The van der Waals surface area contributed by atoms with E-state index < -0.39 is 0 Å². The number of hydrogen-bond donors (Lipinski definition) is 2. The zero-order valence-electron chi connectivity index (χ0n) is 10.5.